The molecule has 3 heteroatoms. The number of benzene rings is 1. The molecule has 0 aliphatic heterocycles. The van der Waals surface area contributed by atoms with E-state index in [-0.39, 0.29) is 0 Å². The maximum Gasteiger partial charge on any atom is 0.113 e. The Balaban J connectivity index is 2.27. The highest BCUT2D eigenvalue weighted by molar-refractivity contribution is 5.58. The third-order valence-corrected chi connectivity index (χ3v) is 2.91. The van der Waals surface area contributed by atoms with E-state index in [2.05, 4.69) is 62.3 Å². The normalized spacial score (nSPS) is 11.4. The highest BCUT2D eigenvalue weighted by Crippen LogP contribution is 2.21. The fraction of sp³-hybridized carbons (Fsp3) is 0.429. The van der Waals surface area contributed by atoms with Gasteiger partial charge >= 0.3 is 0 Å². The van der Waals surface area contributed by atoms with Crippen LogP contribution in [0.25, 0.3) is 11.3 Å². The lowest BCUT2D eigenvalue weighted by Gasteiger charge is -2.05. The molecular weight excluding hydrogens is 210 g/mol. The van der Waals surface area contributed by atoms with E-state index < -0.39 is 0 Å². The minimum Gasteiger partial charge on any atom is -0.249 e. The Labute approximate surface area is 102 Å². The van der Waals surface area contributed by atoms with Crippen LogP contribution < -0.4 is 0 Å². The summed E-state index contributed by atoms with van der Waals surface area (Å²) in [4.78, 5) is 0. The molecular formula is C14H19N3. The molecule has 0 radical (unpaired) electrons. The second kappa shape index (κ2) is 4.70. The first-order valence-corrected chi connectivity index (χ1v) is 6.10. The van der Waals surface area contributed by atoms with Crippen LogP contribution in [0.15, 0.2) is 30.5 Å². The molecule has 1 aromatic carbocycles. The Bertz CT molecular complexity index is 480. The quantitative estimate of drug-likeness (QED) is 0.804. The highest BCUT2D eigenvalue weighted by atomic mass is 15.4. The number of hydrogen-bond donors (Lipinski definition) is 0. The standard InChI is InChI=1S/C14H19N3/c1-10(2)12-5-7-13(8-6-12)14-9-17(11(3)4)16-15-14/h5-11H,1-4H3. The molecule has 0 saturated carbocycles. The minimum absolute atomic E-state index is 0.353. The second-order valence-electron chi connectivity index (χ2n) is 4.95. The Morgan fingerprint density at radius 1 is 1.00 bits per heavy atom. The highest BCUT2D eigenvalue weighted by Gasteiger charge is 2.06. The average Bonchev–Trinajstić information content (AvgIpc) is 2.78. The number of hydrogen-bond acceptors (Lipinski definition) is 2. The van der Waals surface area contributed by atoms with Crippen LogP contribution in [-0.4, -0.2) is 15.0 Å². The van der Waals surface area contributed by atoms with Crippen molar-refractivity contribution in [3.05, 3.63) is 36.0 Å². The molecule has 0 aliphatic carbocycles. The summed E-state index contributed by atoms with van der Waals surface area (Å²) in [6, 6.07) is 8.91. The lowest BCUT2D eigenvalue weighted by atomic mass is 10.0. The van der Waals surface area contributed by atoms with Crippen LogP contribution in [0.5, 0.6) is 0 Å². The summed E-state index contributed by atoms with van der Waals surface area (Å²) in [6.45, 7) is 8.59. The predicted octanol–water partition coefficient (Wildman–Crippen LogP) is 3.65. The Kier molecular flexibility index (Phi) is 3.27. The molecule has 2 aromatic rings. The first kappa shape index (κ1) is 11.8. The summed E-state index contributed by atoms with van der Waals surface area (Å²) >= 11 is 0. The van der Waals surface area contributed by atoms with Crippen molar-refractivity contribution < 1.29 is 0 Å². The van der Waals surface area contributed by atoms with Gasteiger partial charge in [0, 0.05) is 11.6 Å². The molecule has 0 spiro atoms. The number of rotatable bonds is 3. The molecule has 0 aliphatic rings. The van der Waals surface area contributed by atoms with Crippen molar-refractivity contribution in [2.45, 2.75) is 39.7 Å². The number of nitrogens with zero attached hydrogens (tertiary/aromatic N) is 3. The SMILES string of the molecule is CC(C)c1ccc(-c2cn(C(C)C)nn2)cc1. The molecule has 0 saturated heterocycles. The Morgan fingerprint density at radius 3 is 2.12 bits per heavy atom. The van der Waals surface area contributed by atoms with Crippen molar-refractivity contribution in [3.8, 4) is 11.3 Å². The molecule has 0 unspecified atom stereocenters. The van der Waals surface area contributed by atoms with Crippen molar-refractivity contribution in [1.29, 1.82) is 0 Å². The van der Waals surface area contributed by atoms with E-state index in [1.165, 1.54) is 5.56 Å². The Morgan fingerprint density at radius 2 is 1.65 bits per heavy atom. The first-order valence-electron chi connectivity index (χ1n) is 6.10. The van der Waals surface area contributed by atoms with Gasteiger partial charge in [-0.2, -0.15) is 0 Å². The largest absolute Gasteiger partial charge is 0.249 e. The number of aromatic nitrogens is 3. The maximum absolute atomic E-state index is 4.20. The average molecular weight is 229 g/mol. The van der Waals surface area contributed by atoms with Gasteiger partial charge in [-0.25, -0.2) is 4.68 Å². The summed E-state index contributed by atoms with van der Waals surface area (Å²) < 4.78 is 1.88. The summed E-state index contributed by atoms with van der Waals surface area (Å²) in [5.74, 6) is 0.565. The van der Waals surface area contributed by atoms with Crippen LogP contribution in [0.3, 0.4) is 0 Å². The van der Waals surface area contributed by atoms with Crippen LogP contribution in [0.2, 0.25) is 0 Å². The minimum atomic E-state index is 0.353. The van der Waals surface area contributed by atoms with E-state index in [9.17, 15) is 0 Å². The molecule has 2 rings (SSSR count). The lowest BCUT2D eigenvalue weighted by Crippen LogP contribution is -2.00. The topological polar surface area (TPSA) is 30.7 Å². The van der Waals surface area contributed by atoms with Crippen molar-refractivity contribution in [2.24, 2.45) is 0 Å². The molecule has 1 heterocycles. The molecule has 17 heavy (non-hydrogen) atoms. The van der Waals surface area contributed by atoms with E-state index >= 15 is 0 Å². The van der Waals surface area contributed by atoms with E-state index in [4.69, 9.17) is 0 Å². The van der Waals surface area contributed by atoms with Crippen molar-refractivity contribution in [3.63, 3.8) is 0 Å². The molecule has 0 N–H and O–H groups in total. The van der Waals surface area contributed by atoms with Crippen LogP contribution in [0.1, 0.15) is 45.2 Å². The van der Waals surface area contributed by atoms with E-state index in [0.29, 0.717) is 12.0 Å². The van der Waals surface area contributed by atoms with Gasteiger partial charge in [-0.1, -0.05) is 43.3 Å². The molecule has 1 aromatic heterocycles. The fourth-order valence-corrected chi connectivity index (χ4v) is 1.70. The monoisotopic (exact) mass is 229 g/mol. The van der Waals surface area contributed by atoms with Crippen molar-refractivity contribution in [2.75, 3.05) is 0 Å². The van der Waals surface area contributed by atoms with E-state index in [1.807, 2.05) is 10.9 Å². The van der Waals surface area contributed by atoms with Crippen LogP contribution >= 0.6 is 0 Å². The van der Waals surface area contributed by atoms with Crippen LogP contribution in [0.4, 0.5) is 0 Å². The third-order valence-electron chi connectivity index (χ3n) is 2.91. The van der Waals surface area contributed by atoms with Gasteiger partial charge < -0.3 is 0 Å². The van der Waals surface area contributed by atoms with Gasteiger partial charge in [0.05, 0.1) is 6.20 Å². The van der Waals surface area contributed by atoms with Crippen molar-refractivity contribution >= 4 is 0 Å². The van der Waals surface area contributed by atoms with Crippen LogP contribution in [0, 0.1) is 0 Å². The lowest BCUT2D eigenvalue weighted by molar-refractivity contribution is 0.514. The Hall–Kier alpha value is -1.64. The van der Waals surface area contributed by atoms with Gasteiger partial charge in [0.15, 0.2) is 0 Å². The summed E-state index contributed by atoms with van der Waals surface area (Å²) in [6.07, 6.45) is 2.00. The zero-order valence-electron chi connectivity index (χ0n) is 10.9. The molecule has 0 bridgehead atoms. The van der Waals surface area contributed by atoms with Gasteiger partial charge in [0.2, 0.25) is 0 Å². The summed E-state index contributed by atoms with van der Waals surface area (Å²) in [5.41, 5.74) is 3.42. The fourth-order valence-electron chi connectivity index (χ4n) is 1.70. The molecule has 0 amide bonds. The summed E-state index contributed by atoms with van der Waals surface area (Å²) in [5, 5.41) is 8.31. The van der Waals surface area contributed by atoms with Gasteiger partial charge in [-0.3, -0.25) is 0 Å². The zero-order chi connectivity index (χ0) is 12.4. The third kappa shape index (κ3) is 2.54. The zero-order valence-corrected chi connectivity index (χ0v) is 10.9. The van der Waals surface area contributed by atoms with Gasteiger partial charge in [-0.15, -0.1) is 5.10 Å². The molecule has 90 valence electrons. The van der Waals surface area contributed by atoms with Gasteiger partial charge in [0.25, 0.3) is 0 Å². The molecule has 3 nitrogen and oxygen atoms in total. The smallest absolute Gasteiger partial charge is 0.113 e. The van der Waals surface area contributed by atoms with Crippen LogP contribution in [-0.2, 0) is 0 Å². The molecule has 0 fully saturated rings. The molecule has 0 atom stereocenters. The van der Waals surface area contributed by atoms with E-state index in [0.717, 1.165) is 11.3 Å². The first-order chi connectivity index (χ1) is 8.08. The van der Waals surface area contributed by atoms with E-state index in [1.54, 1.807) is 0 Å². The van der Waals surface area contributed by atoms with Crippen molar-refractivity contribution in [1.82, 2.24) is 15.0 Å². The van der Waals surface area contributed by atoms with Gasteiger partial charge in [-0.05, 0) is 25.3 Å². The van der Waals surface area contributed by atoms with Gasteiger partial charge in [0.1, 0.15) is 5.69 Å². The predicted molar refractivity (Wildman–Crippen MR) is 69.9 cm³/mol. The second-order valence-corrected chi connectivity index (χ2v) is 4.95. The maximum atomic E-state index is 4.20. The summed E-state index contributed by atoms with van der Waals surface area (Å²) in [7, 11) is 0.